The molecule has 82 valence electrons. The number of benzene rings is 1. The van der Waals surface area contributed by atoms with E-state index in [1.807, 2.05) is 12.1 Å². The lowest BCUT2D eigenvalue weighted by atomic mass is 10.1. The van der Waals surface area contributed by atoms with Crippen molar-refractivity contribution in [1.29, 1.82) is 10.5 Å². The summed E-state index contributed by atoms with van der Waals surface area (Å²) in [6, 6.07) is 9.48. The van der Waals surface area contributed by atoms with Crippen LogP contribution in [0, 0.1) is 22.7 Å². The SMILES string of the molecule is N#Cc1ccc(Cn2ccnc2C#N)c(Br)c1. The number of nitrogens with zero attached hydrogens (tertiary/aromatic N) is 4. The lowest BCUT2D eigenvalue weighted by Gasteiger charge is -2.06. The van der Waals surface area contributed by atoms with Crippen LogP contribution in [0.2, 0.25) is 0 Å². The van der Waals surface area contributed by atoms with E-state index in [-0.39, 0.29) is 0 Å². The molecule has 1 aromatic carbocycles. The van der Waals surface area contributed by atoms with Crippen LogP contribution in [0.4, 0.5) is 0 Å². The lowest BCUT2D eigenvalue weighted by Crippen LogP contribution is -2.02. The van der Waals surface area contributed by atoms with Gasteiger partial charge in [-0.15, -0.1) is 0 Å². The Morgan fingerprint density at radius 2 is 2.12 bits per heavy atom. The van der Waals surface area contributed by atoms with E-state index in [0.717, 1.165) is 10.0 Å². The Morgan fingerprint density at radius 1 is 1.29 bits per heavy atom. The van der Waals surface area contributed by atoms with Gasteiger partial charge in [0.1, 0.15) is 6.07 Å². The van der Waals surface area contributed by atoms with Crippen LogP contribution in [-0.2, 0) is 6.54 Å². The number of rotatable bonds is 2. The number of aromatic nitrogens is 2. The maximum atomic E-state index is 8.85. The van der Waals surface area contributed by atoms with Gasteiger partial charge in [0.25, 0.3) is 0 Å². The average molecular weight is 287 g/mol. The summed E-state index contributed by atoms with van der Waals surface area (Å²) >= 11 is 3.41. The third kappa shape index (κ3) is 2.35. The Hall–Kier alpha value is -2.11. The van der Waals surface area contributed by atoms with Crippen molar-refractivity contribution in [2.24, 2.45) is 0 Å². The predicted octanol–water partition coefficient (Wildman–Crippen LogP) is 2.44. The smallest absolute Gasteiger partial charge is 0.213 e. The van der Waals surface area contributed by atoms with E-state index < -0.39 is 0 Å². The van der Waals surface area contributed by atoms with Crippen LogP contribution < -0.4 is 0 Å². The van der Waals surface area contributed by atoms with Crippen LogP contribution in [0.25, 0.3) is 0 Å². The van der Waals surface area contributed by atoms with E-state index in [1.165, 1.54) is 0 Å². The van der Waals surface area contributed by atoms with E-state index in [0.29, 0.717) is 17.9 Å². The Kier molecular flexibility index (Phi) is 3.22. The fourth-order valence-electron chi connectivity index (χ4n) is 1.48. The van der Waals surface area contributed by atoms with Crippen molar-refractivity contribution in [3.63, 3.8) is 0 Å². The number of nitriles is 2. The Labute approximate surface area is 107 Å². The molecule has 2 aromatic rings. The van der Waals surface area contributed by atoms with Crippen molar-refractivity contribution in [2.75, 3.05) is 0 Å². The summed E-state index contributed by atoms with van der Waals surface area (Å²) in [7, 11) is 0. The molecule has 0 aliphatic carbocycles. The second kappa shape index (κ2) is 4.82. The predicted molar refractivity (Wildman–Crippen MR) is 64.9 cm³/mol. The van der Waals surface area contributed by atoms with E-state index in [9.17, 15) is 0 Å². The summed E-state index contributed by atoms with van der Waals surface area (Å²) in [4.78, 5) is 3.93. The highest BCUT2D eigenvalue weighted by Gasteiger charge is 2.05. The van der Waals surface area contributed by atoms with Crippen molar-refractivity contribution in [3.8, 4) is 12.1 Å². The molecule has 0 saturated carbocycles. The fourth-order valence-corrected chi connectivity index (χ4v) is 1.98. The second-order valence-electron chi connectivity index (χ2n) is 3.41. The zero-order valence-electron chi connectivity index (χ0n) is 8.76. The molecule has 0 bridgehead atoms. The van der Waals surface area contributed by atoms with Gasteiger partial charge in [0.15, 0.2) is 0 Å². The van der Waals surface area contributed by atoms with Crippen LogP contribution in [0.5, 0.6) is 0 Å². The summed E-state index contributed by atoms with van der Waals surface area (Å²) < 4.78 is 2.61. The second-order valence-corrected chi connectivity index (χ2v) is 4.26. The maximum absolute atomic E-state index is 8.85. The molecular weight excluding hydrogens is 280 g/mol. The number of hydrogen-bond acceptors (Lipinski definition) is 3. The molecule has 1 aromatic heterocycles. The molecule has 5 heteroatoms. The maximum Gasteiger partial charge on any atom is 0.213 e. The monoisotopic (exact) mass is 286 g/mol. The molecular formula is C12H7BrN4. The van der Waals surface area contributed by atoms with Gasteiger partial charge in [-0.1, -0.05) is 22.0 Å². The van der Waals surface area contributed by atoms with E-state index in [4.69, 9.17) is 10.5 Å². The number of halogens is 1. The Balaban J connectivity index is 2.32. The molecule has 0 aliphatic heterocycles. The van der Waals surface area contributed by atoms with Crippen LogP contribution >= 0.6 is 15.9 Å². The minimum absolute atomic E-state index is 0.376. The van der Waals surface area contributed by atoms with Crippen LogP contribution in [0.3, 0.4) is 0 Å². The first-order valence-electron chi connectivity index (χ1n) is 4.84. The molecule has 0 atom stereocenters. The van der Waals surface area contributed by atoms with E-state index in [2.05, 4.69) is 27.0 Å². The van der Waals surface area contributed by atoms with Gasteiger partial charge in [-0.25, -0.2) is 4.98 Å². The lowest BCUT2D eigenvalue weighted by molar-refractivity contribution is 0.779. The van der Waals surface area contributed by atoms with Gasteiger partial charge in [0.05, 0.1) is 18.2 Å². The van der Waals surface area contributed by atoms with Gasteiger partial charge in [-0.05, 0) is 17.7 Å². The molecule has 2 rings (SSSR count). The van der Waals surface area contributed by atoms with Gasteiger partial charge >= 0.3 is 0 Å². The van der Waals surface area contributed by atoms with Crippen LogP contribution in [0.15, 0.2) is 35.1 Å². The van der Waals surface area contributed by atoms with Crippen LogP contribution in [-0.4, -0.2) is 9.55 Å². The van der Waals surface area contributed by atoms with Crippen molar-refractivity contribution in [3.05, 3.63) is 52.0 Å². The minimum Gasteiger partial charge on any atom is -0.318 e. The molecule has 0 unspecified atom stereocenters. The first kappa shape index (κ1) is 11.4. The summed E-state index contributed by atoms with van der Waals surface area (Å²) in [5.74, 6) is 0.376. The molecule has 0 amide bonds. The summed E-state index contributed by atoms with van der Waals surface area (Å²) in [6.45, 7) is 0.551. The first-order chi connectivity index (χ1) is 8.24. The topological polar surface area (TPSA) is 65.4 Å². The van der Waals surface area contributed by atoms with E-state index in [1.54, 1.807) is 29.1 Å². The molecule has 17 heavy (non-hydrogen) atoms. The minimum atomic E-state index is 0.376. The number of hydrogen-bond donors (Lipinski definition) is 0. The third-order valence-corrected chi connectivity index (χ3v) is 3.08. The molecule has 0 fully saturated rings. The zero-order chi connectivity index (χ0) is 12.3. The Bertz CT molecular complexity index is 631. The molecule has 4 nitrogen and oxygen atoms in total. The summed E-state index contributed by atoms with van der Waals surface area (Å²) in [6.07, 6.45) is 3.35. The standard InChI is InChI=1S/C12H7BrN4/c13-11-5-9(6-14)1-2-10(11)8-17-4-3-16-12(17)7-15/h1-5H,8H2. The highest BCUT2D eigenvalue weighted by molar-refractivity contribution is 9.10. The molecule has 0 N–H and O–H groups in total. The highest BCUT2D eigenvalue weighted by atomic mass is 79.9. The average Bonchev–Trinajstić information content (AvgIpc) is 2.79. The third-order valence-electron chi connectivity index (χ3n) is 2.34. The van der Waals surface area contributed by atoms with Crippen molar-refractivity contribution in [1.82, 2.24) is 9.55 Å². The van der Waals surface area contributed by atoms with Crippen molar-refractivity contribution in [2.45, 2.75) is 6.54 Å². The van der Waals surface area contributed by atoms with Gasteiger partial charge in [0.2, 0.25) is 5.82 Å². The largest absolute Gasteiger partial charge is 0.318 e. The quantitative estimate of drug-likeness (QED) is 0.852. The van der Waals surface area contributed by atoms with Crippen molar-refractivity contribution < 1.29 is 0 Å². The Morgan fingerprint density at radius 3 is 2.76 bits per heavy atom. The van der Waals surface area contributed by atoms with E-state index >= 15 is 0 Å². The fraction of sp³-hybridized carbons (Fsp3) is 0.0833. The van der Waals surface area contributed by atoms with Crippen LogP contribution in [0.1, 0.15) is 17.0 Å². The molecule has 0 aliphatic rings. The van der Waals surface area contributed by atoms with Gasteiger partial charge in [0, 0.05) is 16.9 Å². The molecule has 0 radical (unpaired) electrons. The van der Waals surface area contributed by atoms with Gasteiger partial charge < -0.3 is 4.57 Å². The first-order valence-corrected chi connectivity index (χ1v) is 5.63. The van der Waals surface area contributed by atoms with Gasteiger partial charge in [-0.3, -0.25) is 0 Å². The van der Waals surface area contributed by atoms with Gasteiger partial charge in [-0.2, -0.15) is 10.5 Å². The molecule has 1 heterocycles. The number of imidazole rings is 1. The molecule has 0 spiro atoms. The summed E-state index contributed by atoms with van der Waals surface area (Å²) in [5, 5.41) is 17.6. The highest BCUT2D eigenvalue weighted by Crippen LogP contribution is 2.19. The normalized spacial score (nSPS) is 9.59. The molecule has 0 saturated heterocycles. The summed E-state index contributed by atoms with van der Waals surface area (Å²) in [5.41, 5.74) is 1.60. The van der Waals surface area contributed by atoms with Crippen molar-refractivity contribution >= 4 is 15.9 Å². The zero-order valence-corrected chi connectivity index (χ0v) is 10.3.